The maximum atomic E-state index is 5.36. The van der Waals surface area contributed by atoms with Crippen LogP contribution in [0, 0.1) is 6.26 Å². The zero-order chi connectivity index (χ0) is 10.1. The van der Waals surface area contributed by atoms with Crippen LogP contribution in [0.15, 0.2) is 53.2 Å². The third kappa shape index (κ3) is 1.31. The van der Waals surface area contributed by atoms with Gasteiger partial charge in [-0.2, -0.15) is 0 Å². The summed E-state index contributed by atoms with van der Waals surface area (Å²) >= 11 is 0. The molecule has 1 radical (unpaired) electrons. The van der Waals surface area contributed by atoms with E-state index >= 15 is 0 Å². The van der Waals surface area contributed by atoms with Crippen LogP contribution in [0.25, 0.3) is 22.1 Å². The average molecular weight is 194 g/mol. The first-order chi connectivity index (χ1) is 7.45. The zero-order valence-electron chi connectivity index (χ0n) is 7.97. The number of benzene rings is 1. The standard InChI is InChI=1S/C13H8NO/c1-2-11-6-9-15-13(11)12(3-1)10-4-7-14-8-5-10/h1-8H. The SMILES string of the molecule is [c]1cc2cccc(-c3ccncc3)c2o1. The second-order valence-electron chi connectivity index (χ2n) is 3.32. The van der Waals surface area contributed by atoms with Crippen LogP contribution in [-0.4, -0.2) is 4.98 Å². The number of rotatable bonds is 1. The van der Waals surface area contributed by atoms with Gasteiger partial charge in [-0.3, -0.25) is 4.98 Å². The lowest BCUT2D eigenvalue weighted by atomic mass is 10.1. The van der Waals surface area contributed by atoms with E-state index in [1.807, 2.05) is 36.4 Å². The quantitative estimate of drug-likeness (QED) is 0.594. The van der Waals surface area contributed by atoms with Crippen molar-refractivity contribution < 1.29 is 4.42 Å². The molecule has 0 bridgehead atoms. The monoisotopic (exact) mass is 194 g/mol. The Bertz CT molecular complexity index is 584. The Morgan fingerprint density at radius 2 is 1.93 bits per heavy atom. The van der Waals surface area contributed by atoms with E-state index in [0.29, 0.717) is 0 Å². The molecule has 15 heavy (non-hydrogen) atoms. The Morgan fingerprint density at radius 1 is 1.07 bits per heavy atom. The van der Waals surface area contributed by atoms with Crippen LogP contribution in [0.1, 0.15) is 0 Å². The molecule has 0 aliphatic heterocycles. The molecule has 0 aliphatic carbocycles. The highest BCUT2D eigenvalue weighted by Gasteiger charge is 2.05. The highest BCUT2D eigenvalue weighted by atomic mass is 16.3. The van der Waals surface area contributed by atoms with Gasteiger partial charge in [-0.15, -0.1) is 0 Å². The number of fused-ring (bicyclic) bond motifs is 1. The van der Waals surface area contributed by atoms with Crippen LogP contribution >= 0.6 is 0 Å². The molecule has 0 aliphatic rings. The highest BCUT2D eigenvalue weighted by Crippen LogP contribution is 2.28. The van der Waals surface area contributed by atoms with Gasteiger partial charge >= 0.3 is 0 Å². The minimum atomic E-state index is 0.878. The summed E-state index contributed by atoms with van der Waals surface area (Å²) in [6.07, 6.45) is 6.31. The molecule has 0 saturated heterocycles. The molecular weight excluding hydrogens is 186 g/mol. The summed E-state index contributed by atoms with van der Waals surface area (Å²) in [6, 6.07) is 11.9. The molecule has 3 rings (SSSR count). The smallest absolute Gasteiger partial charge is 0.170 e. The second-order valence-corrected chi connectivity index (χ2v) is 3.32. The van der Waals surface area contributed by atoms with Crippen molar-refractivity contribution in [2.45, 2.75) is 0 Å². The van der Waals surface area contributed by atoms with Gasteiger partial charge in [-0.05, 0) is 23.8 Å². The van der Waals surface area contributed by atoms with Crippen molar-refractivity contribution >= 4 is 11.0 Å². The first-order valence-electron chi connectivity index (χ1n) is 4.74. The number of hydrogen-bond donors (Lipinski definition) is 0. The predicted molar refractivity (Wildman–Crippen MR) is 58.3 cm³/mol. The second kappa shape index (κ2) is 3.24. The lowest BCUT2D eigenvalue weighted by Gasteiger charge is -2.00. The van der Waals surface area contributed by atoms with Gasteiger partial charge < -0.3 is 4.42 Å². The topological polar surface area (TPSA) is 26.0 Å². The first-order valence-corrected chi connectivity index (χ1v) is 4.74. The molecule has 0 N–H and O–H groups in total. The Labute approximate surface area is 87.2 Å². The van der Waals surface area contributed by atoms with E-state index in [2.05, 4.69) is 11.2 Å². The summed E-state index contributed by atoms with van der Waals surface area (Å²) < 4.78 is 5.36. The minimum absolute atomic E-state index is 0.878. The van der Waals surface area contributed by atoms with Gasteiger partial charge in [0, 0.05) is 23.3 Å². The van der Waals surface area contributed by atoms with Gasteiger partial charge in [0.2, 0.25) is 0 Å². The third-order valence-corrected chi connectivity index (χ3v) is 2.41. The molecule has 3 aromatic rings. The van der Waals surface area contributed by atoms with E-state index in [4.69, 9.17) is 4.42 Å². The Hall–Kier alpha value is -2.09. The number of furan rings is 1. The van der Waals surface area contributed by atoms with Crippen molar-refractivity contribution in [1.29, 1.82) is 0 Å². The summed E-state index contributed by atoms with van der Waals surface area (Å²) in [6.45, 7) is 0. The van der Waals surface area contributed by atoms with Crippen LogP contribution in [0.3, 0.4) is 0 Å². The zero-order valence-corrected chi connectivity index (χ0v) is 7.97. The molecule has 71 valence electrons. The average Bonchev–Trinajstić information content (AvgIpc) is 2.78. The van der Waals surface area contributed by atoms with Crippen molar-refractivity contribution in [2.75, 3.05) is 0 Å². The van der Waals surface area contributed by atoms with Crippen LogP contribution in [0.4, 0.5) is 0 Å². The van der Waals surface area contributed by atoms with Crippen LogP contribution in [-0.2, 0) is 0 Å². The van der Waals surface area contributed by atoms with E-state index in [9.17, 15) is 0 Å². The van der Waals surface area contributed by atoms with Crippen molar-refractivity contribution in [1.82, 2.24) is 4.98 Å². The summed E-state index contributed by atoms with van der Waals surface area (Å²) in [5.41, 5.74) is 3.07. The third-order valence-electron chi connectivity index (χ3n) is 2.41. The van der Waals surface area contributed by atoms with Gasteiger partial charge in [0.1, 0.15) is 5.58 Å². The fraction of sp³-hybridized carbons (Fsp3) is 0. The molecule has 0 amide bonds. The van der Waals surface area contributed by atoms with Gasteiger partial charge in [-0.1, -0.05) is 18.2 Å². The Kier molecular flexibility index (Phi) is 1.78. The van der Waals surface area contributed by atoms with E-state index < -0.39 is 0 Å². The number of aromatic nitrogens is 1. The number of nitrogens with zero attached hydrogens (tertiary/aromatic N) is 1. The van der Waals surface area contributed by atoms with Crippen molar-refractivity contribution in [3.63, 3.8) is 0 Å². The van der Waals surface area contributed by atoms with E-state index in [-0.39, 0.29) is 0 Å². The molecule has 2 heteroatoms. The molecule has 2 heterocycles. The van der Waals surface area contributed by atoms with Crippen LogP contribution in [0.5, 0.6) is 0 Å². The van der Waals surface area contributed by atoms with Gasteiger partial charge in [0.25, 0.3) is 0 Å². The normalized spacial score (nSPS) is 10.7. The summed E-state index contributed by atoms with van der Waals surface area (Å²) in [7, 11) is 0. The maximum absolute atomic E-state index is 5.36. The summed E-state index contributed by atoms with van der Waals surface area (Å²) in [4.78, 5) is 4.00. The van der Waals surface area contributed by atoms with Crippen molar-refractivity contribution in [3.05, 3.63) is 55.1 Å². The molecular formula is C13H8NO. The molecule has 0 unspecified atom stereocenters. The summed E-state index contributed by atoms with van der Waals surface area (Å²) in [5.74, 6) is 0. The lowest BCUT2D eigenvalue weighted by Crippen LogP contribution is -1.78. The molecule has 0 fully saturated rings. The lowest BCUT2D eigenvalue weighted by molar-refractivity contribution is 0.607. The molecule has 0 atom stereocenters. The molecule has 2 aromatic heterocycles. The maximum Gasteiger partial charge on any atom is 0.170 e. The van der Waals surface area contributed by atoms with E-state index in [1.165, 1.54) is 0 Å². The van der Waals surface area contributed by atoms with E-state index in [1.54, 1.807) is 12.4 Å². The molecule has 0 spiro atoms. The van der Waals surface area contributed by atoms with E-state index in [0.717, 1.165) is 22.1 Å². The van der Waals surface area contributed by atoms with Crippen LogP contribution < -0.4 is 0 Å². The molecule has 1 aromatic carbocycles. The fourth-order valence-corrected chi connectivity index (χ4v) is 1.69. The van der Waals surface area contributed by atoms with Gasteiger partial charge in [0.15, 0.2) is 6.26 Å². The predicted octanol–water partition coefficient (Wildman–Crippen LogP) is 3.29. The summed E-state index contributed by atoms with van der Waals surface area (Å²) in [5, 5.41) is 1.07. The van der Waals surface area contributed by atoms with Crippen molar-refractivity contribution in [2.24, 2.45) is 0 Å². The molecule has 0 saturated carbocycles. The first kappa shape index (κ1) is 8.24. The number of pyridine rings is 1. The number of hydrogen-bond acceptors (Lipinski definition) is 2. The fourth-order valence-electron chi connectivity index (χ4n) is 1.69. The van der Waals surface area contributed by atoms with Crippen LogP contribution in [0.2, 0.25) is 0 Å². The highest BCUT2D eigenvalue weighted by molar-refractivity contribution is 5.92. The molecule has 2 nitrogen and oxygen atoms in total. The van der Waals surface area contributed by atoms with Gasteiger partial charge in [0.05, 0.1) is 0 Å². The Morgan fingerprint density at radius 3 is 2.80 bits per heavy atom. The largest absolute Gasteiger partial charge is 0.452 e. The Balaban J connectivity index is 2.31. The van der Waals surface area contributed by atoms with Gasteiger partial charge in [-0.25, -0.2) is 0 Å². The number of para-hydroxylation sites is 1. The minimum Gasteiger partial charge on any atom is -0.452 e. The van der Waals surface area contributed by atoms with Crippen molar-refractivity contribution in [3.8, 4) is 11.1 Å².